The van der Waals surface area contributed by atoms with E-state index in [0.29, 0.717) is 12.3 Å². The summed E-state index contributed by atoms with van der Waals surface area (Å²) in [6, 6.07) is 6.81. The monoisotopic (exact) mass is 283 g/mol. The average molecular weight is 283 g/mol. The lowest BCUT2D eigenvalue weighted by molar-refractivity contribution is -0.125. The van der Waals surface area contributed by atoms with Crippen molar-refractivity contribution in [1.29, 1.82) is 0 Å². The summed E-state index contributed by atoms with van der Waals surface area (Å²) in [4.78, 5) is 11.7. The normalized spacial score (nSPS) is 10.7. The fourth-order valence-corrected chi connectivity index (χ4v) is 2.69. The number of halogens is 1. The van der Waals surface area contributed by atoms with Crippen LogP contribution in [0.3, 0.4) is 0 Å². The van der Waals surface area contributed by atoms with Crippen LogP contribution in [0.2, 0.25) is 0 Å². The van der Waals surface area contributed by atoms with Crippen molar-refractivity contribution in [2.75, 3.05) is 12.3 Å². The van der Waals surface area contributed by atoms with E-state index in [2.05, 4.69) is 5.32 Å². The molecule has 1 aromatic carbocycles. The first-order valence-corrected chi connectivity index (χ1v) is 7.93. The Morgan fingerprint density at radius 2 is 2.00 bits per heavy atom. The third-order valence-electron chi connectivity index (χ3n) is 3.12. The number of carbonyl (C=O) groups excluding carboxylic acids is 1. The summed E-state index contributed by atoms with van der Waals surface area (Å²) in [5.74, 6) is 1.55. The molecule has 4 heteroatoms. The topological polar surface area (TPSA) is 29.1 Å². The van der Waals surface area contributed by atoms with Crippen LogP contribution in [0.1, 0.15) is 32.3 Å². The lowest BCUT2D eigenvalue weighted by Gasteiger charge is -2.12. The molecule has 0 aromatic heterocycles. The van der Waals surface area contributed by atoms with Crippen molar-refractivity contribution in [1.82, 2.24) is 5.32 Å². The number of hydrogen-bond donors (Lipinski definition) is 1. The minimum absolute atomic E-state index is 0.122. The van der Waals surface area contributed by atoms with Gasteiger partial charge in [-0.3, -0.25) is 4.79 Å². The SMILES string of the molecule is CCC(CC)C(=O)NCCSCc1ccccc1F. The highest BCUT2D eigenvalue weighted by Crippen LogP contribution is 2.14. The fourth-order valence-electron chi connectivity index (χ4n) is 1.85. The van der Waals surface area contributed by atoms with Gasteiger partial charge < -0.3 is 5.32 Å². The molecule has 106 valence electrons. The predicted molar refractivity (Wildman–Crippen MR) is 79.6 cm³/mol. The summed E-state index contributed by atoms with van der Waals surface area (Å²) in [7, 11) is 0. The molecule has 0 radical (unpaired) electrons. The second kappa shape index (κ2) is 8.97. The van der Waals surface area contributed by atoms with E-state index in [1.807, 2.05) is 19.9 Å². The zero-order valence-corrected chi connectivity index (χ0v) is 12.4. The molecule has 0 atom stereocenters. The van der Waals surface area contributed by atoms with E-state index in [4.69, 9.17) is 0 Å². The molecule has 1 aromatic rings. The number of rotatable bonds is 8. The Labute approximate surface area is 119 Å². The molecule has 0 spiro atoms. The van der Waals surface area contributed by atoms with Crippen molar-refractivity contribution in [3.63, 3.8) is 0 Å². The number of benzene rings is 1. The highest BCUT2D eigenvalue weighted by molar-refractivity contribution is 7.98. The van der Waals surface area contributed by atoms with Crippen molar-refractivity contribution in [2.45, 2.75) is 32.4 Å². The first kappa shape index (κ1) is 16.0. The number of carbonyl (C=O) groups is 1. The van der Waals surface area contributed by atoms with Gasteiger partial charge in [-0.2, -0.15) is 11.8 Å². The molecular formula is C15H22FNOS. The fraction of sp³-hybridized carbons (Fsp3) is 0.533. The summed E-state index contributed by atoms with van der Waals surface area (Å²) in [5, 5.41) is 2.93. The highest BCUT2D eigenvalue weighted by atomic mass is 32.2. The molecule has 0 unspecified atom stereocenters. The van der Waals surface area contributed by atoms with Gasteiger partial charge in [0, 0.05) is 24.0 Å². The average Bonchev–Trinajstić information content (AvgIpc) is 2.42. The second-order valence-electron chi connectivity index (χ2n) is 4.45. The van der Waals surface area contributed by atoms with E-state index in [1.165, 1.54) is 6.07 Å². The molecule has 1 amide bonds. The van der Waals surface area contributed by atoms with E-state index in [-0.39, 0.29) is 17.6 Å². The van der Waals surface area contributed by atoms with Crippen LogP contribution in [0, 0.1) is 11.7 Å². The largest absolute Gasteiger partial charge is 0.355 e. The quantitative estimate of drug-likeness (QED) is 0.738. The molecule has 0 aliphatic carbocycles. The van der Waals surface area contributed by atoms with Gasteiger partial charge in [0.1, 0.15) is 5.82 Å². The molecule has 0 fully saturated rings. The van der Waals surface area contributed by atoms with Gasteiger partial charge in [0.15, 0.2) is 0 Å². The summed E-state index contributed by atoms with van der Waals surface area (Å²) in [5.41, 5.74) is 0.721. The Morgan fingerprint density at radius 3 is 2.63 bits per heavy atom. The number of amides is 1. The first-order chi connectivity index (χ1) is 9.19. The standard InChI is InChI=1S/C15H22FNOS/c1-3-12(4-2)15(18)17-9-10-19-11-13-7-5-6-8-14(13)16/h5-8,12H,3-4,9-11H2,1-2H3,(H,17,18). The molecule has 0 aliphatic heterocycles. The van der Waals surface area contributed by atoms with Crippen molar-refractivity contribution in [2.24, 2.45) is 5.92 Å². The number of hydrogen-bond acceptors (Lipinski definition) is 2. The van der Waals surface area contributed by atoms with Gasteiger partial charge in [-0.25, -0.2) is 4.39 Å². The summed E-state index contributed by atoms with van der Waals surface area (Å²) in [6.07, 6.45) is 1.76. The predicted octanol–water partition coefficient (Wildman–Crippen LogP) is 3.61. The van der Waals surface area contributed by atoms with Gasteiger partial charge in [0.25, 0.3) is 0 Å². The highest BCUT2D eigenvalue weighted by Gasteiger charge is 2.12. The minimum atomic E-state index is -0.156. The summed E-state index contributed by atoms with van der Waals surface area (Å²) >= 11 is 1.63. The van der Waals surface area contributed by atoms with E-state index in [0.717, 1.165) is 24.2 Å². The van der Waals surface area contributed by atoms with Crippen LogP contribution in [0.15, 0.2) is 24.3 Å². The molecule has 1 N–H and O–H groups in total. The Morgan fingerprint density at radius 1 is 1.32 bits per heavy atom. The van der Waals surface area contributed by atoms with Crippen LogP contribution in [0.4, 0.5) is 4.39 Å². The lowest BCUT2D eigenvalue weighted by Crippen LogP contribution is -2.31. The van der Waals surface area contributed by atoms with E-state index in [9.17, 15) is 9.18 Å². The van der Waals surface area contributed by atoms with E-state index in [1.54, 1.807) is 23.9 Å². The summed E-state index contributed by atoms with van der Waals surface area (Å²) < 4.78 is 13.3. The van der Waals surface area contributed by atoms with E-state index < -0.39 is 0 Å². The number of thioether (sulfide) groups is 1. The molecular weight excluding hydrogens is 261 g/mol. The molecule has 0 saturated heterocycles. The van der Waals surface area contributed by atoms with Crippen molar-refractivity contribution < 1.29 is 9.18 Å². The Bertz CT molecular complexity index is 393. The Balaban J connectivity index is 2.18. The third kappa shape index (κ3) is 5.64. The van der Waals surface area contributed by atoms with Crippen LogP contribution < -0.4 is 5.32 Å². The van der Waals surface area contributed by atoms with Gasteiger partial charge in [-0.1, -0.05) is 32.0 Å². The zero-order valence-electron chi connectivity index (χ0n) is 11.6. The second-order valence-corrected chi connectivity index (χ2v) is 5.55. The van der Waals surface area contributed by atoms with Crippen LogP contribution in [-0.4, -0.2) is 18.2 Å². The third-order valence-corrected chi connectivity index (χ3v) is 4.13. The smallest absolute Gasteiger partial charge is 0.223 e. The molecule has 1 rings (SSSR count). The maximum absolute atomic E-state index is 13.3. The molecule has 0 bridgehead atoms. The molecule has 0 aliphatic rings. The van der Waals surface area contributed by atoms with Crippen LogP contribution in [0.25, 0.3) is 0 Å². The Kier molecular flexibility index (Phi) is 7.56. The van der Waals surface area contributed by atoms with Gasteiger partial charge >= 0.3 is 0 Å². The number of nitrogens with one attached hydrogen (secondary N) is 1. The first-order valence-electron chi connectivity index (χ1n) is 6.77. The zero-order chi connectivity index (χ0) is 14.1. The van der Waals surface area contributed by atoms with Crippen LogP contribution in [-0.2, 0) is 10.5 Å². The molecule has 0 heterocycles. The summed E-state index contributed by atoms with van der Waals surface area (Å²) in [6.45, 7) is 4.70. The molecule has 19 heavy (non-hydrogen) atoms. The van der Waals surface area contributed by atoms with Gasteiger partial charge in [0.2, 0.25) is 5.91 Å². The Hall–Kier alpha value is -1.03. The molecule has 0 saturated carbocycles. The van der Waals surface area contributed by atoms with E-state index >= 15 is 0 Å². The molecule has 2 nitrogen and oxygen atoms in total. The maximum Gasteiger partial charge on any atom is 0.223 e. The van der Waals surface area contributed by atoms with Crippen LogP contribution in [0.5, 0.6) is 0 Å². The van der Waals surface area contributed by atoms with Gasteiger partial charge in [0.05, 0.1) is 0 Å². The van der Waals surface area contributed by atoms with Gasteiger partial charge in [-0.15, -0.1) is 0 Å². The lowest BCUT2D eigenvalue weighted by atomic mass is 10.0. The van der Waals surface area contributed by atoms with Crippen molar-refractivity contribution in [3.05, 3.63) is 35.6 Å². The van der Waals surface area contributed by atoms with Crippen molar-refractivity contribution >= 4 is 17.7 Å². The maximum atomic E-state index is 13.3. The van der Waals surface area contributed by atoms with Gasteiger partial charge in [-0.05, 0) is 24.5 Å². The van der Waals surface area contributed by atoms with Crippen LogP contribution >= 0.6 is 11.8 Å². The minimum Gasteiger partial charge on any atom is -0.355 e. The van der Waals surface area contributed by atoms with Crippen molar-refractivity contribution in [3.8, 4) is 0 Å².